The van der Waals surface area contributed by atoms with Crippen LogP contribution in [0.25, 0.3) is 0 Å². The van der Waals surface area contributed by atoms with Crippen molar-refractivity contribution in [3.05, 3.63) is 89.5 Å². The summed E-state index contributed by atoms with van der Waals surface area (Å²) in [6, 6.07) is 24.0. The Balaban J connectivity index is 1.73. The molecule has 1 heterocycles. The average molecular weight is 387 g/mol. The van der Waals surface area contributed by atoms with E-state index in [1.807, 2.05) is 36.4 Å². The van der Waals surface area contributed by atoms with Crippen molar-refractivity contribution in [1.29, 1.82) is 0 Å². The minimum Gasteiger partial charge on any atom is -0.399 e. The van der Waals surface area contributed by atoms with Gasteiger partial charge < -0.3 is 21.5 Å². The van der Waals surface area contributed by atoms with Crippen LogP contribution in [0.1, 0.15) is 46.4 Å². The normalized spacial score (nSPS) is 18.7. The van der Waals surface area contributed by atoms with Gasteiger partial charge in [0, 0.05) is 22.6 Å². The van der Waals surface area contributed by atoms with Crippen LogP contribution in [-0.4, -0.2) is 17.5 Å². The summed E-state index contributed by atoms with van der Waals surface area (Å²) in [6.07, 6.45) is 2.02. The number of carbonyl (C=O) groups excluding carboxylic acids is 1. The van der Waals surface area contributed by atoms with Crippen molar-refractivity contribution in [2.75, 3.05) is 23.0 Å². The van der Waals surface area contributed by atoms with Crippen LogP contribution in [0.5, 0.6) is 0 Å². The molecule has 4 rings (SSSR count). The third-order valence-corrected chi connectivity index (χ3v) is 5.66. The number of rotatable bonds is 5. The third kappa shape index (κ3) is 3.82. The standard InChI is InChI=1S/C24H25N3O2/c25-19-7-1-16(2-8-19)22-13-14-23(17-3-9-20(26)10-4-17)27(22)21-11-5-18(6-12-21)24(29)15-28/h1-12,22-23,28H,13-15,25-26H2/t22-,23-/m0/s1. The Morgan fingerprint density at radius 3 is 1.66 bits per heavy atom. The van der Waals surface area contributed by atoms with Crippen molar-refractivity contribution < 1.29 is 9.90 Å². The number of Topliss-reactive ketones (excluding diaryl/α,β-unsaturated/α-hetero) is 1. The first-order chi connectivity index (χ1) is 14.1. The van der Waals surface area contributed by atoms with Gasteiger partial charge in [0.2, 0.25) is 0 Å². The first kappa shape index (κ1) is 19.0. The van der Waals surface area contributed by atoms with Gasteiger partial charge in [0.05, 0.1) is 12.1 Å². The molecule has 0 amide bonds. The SMILES string of the molecule is Nc1ccc([C@@H]2CC[C@@H](c3ccc(N)cc3)N2c2ccc(C(=O)CO)cc2)cc1. The van der Waals surface area contributed by atoms with Crippen LogP contribution in [0.4, 0.5) is 17.1 Å². The molecule has 0 radical (unpaired) electrons. The lowest BCUT2D eigenvalue weighted by Gasteiger charge is -2.33. The number of hydrogen-bond acceptors (Lipinski definition) is 5. The van der Waals surface area contributed by atoms with Crippen LogP contribution in [0, 0.1) is 0 Å². The molecule has 5 heteroatoms. The topological polar surface area (TPSA) is 92.6 Å². The van der Waals surface area contributed by atoms with Gasteiger partial charge in [0.25, 0.3) is 0 Å². The molecule has 0 unspecified atom stereocenters. The number of aliphatic hydroxyl groups is 1. The summed E-state index contributed by atoms with van der Waals surface area (Å²) in [4.78, 5) is 14.2. The molecule has 3 aromatic carbocycles. The molecule has 29 heavy (non-hydrogen) atoms. The van der Waals surface area contributed by atoms with Gasteiger partial charge in [-0.05, 0) is 72.5 Å². The minimum atomic E-state index is -0.481. The second-order valence-electron chi connectivity index (χ2n) is 7.48. The minimum absolute atomic E-state index is 0.206. The number of hydrogen-bond donors (Lipinski definition) is 3. The molecule has 5 N–H and O–H groups in total. The summed E-state index contributed by atoms with van der Waals surface area (Å²) in [5.74, 6) is -0.275. The molecule has 0 saturated carbocycles. The lowest BCUT2D eigenvalue weighted by atomic mass is 10.0. The number of nitrogen functional groups attached to an aromatic ring is 2. The van der Waals surface area contributed by atoms with Gasteiger partial charge in [-0.3, -0.25) is 4.79 Å². The second-order valence-corrected chi connectivity index (χ2v) is 7.48. The highest BCUT2D eigenvalue weighted by Crippen LogP contribution is 2.47. The zero-order chi connectivity index (χ0) is 20.4. The predicted octanol–water partition coefficient (Wildman–Crippen LogP) is 4.11. The molecule has 148 valence electrons. The largest absolute Gasteiger partial charge is 0.399 e. The number of nitrogens with zero attached hydrogens (tertiary/aromatic N) is 1. The van der Waals surface area contributed by atoms with Crippen LogP contribution in [0.2, 0.25) is 0 Å². The zero-order valence-corrected chi connectivity index (χ0v) is 16.2. The molecular formula is C24H25N3O2. The first-order valence-electron chi connectivity index (χ1n) is 9.80. The summed E-state index contributed by atoms with van der Waals surface area (Å²) < 4.78 is 0. The molecule has 0 aromatic heterocycles. The smallest absolute Gasteiger partial charge is 0.188 e. The van der Waals surface area contributed by atoms with Gasteiger partial charge in [-0.1, -0.05) is 24.3 Å². The van der Waals surface area contributed by atoms with Crippen LogP contribution in [0.3, 0.4) is 0 Å². The van der Waals surface area contributed by atoms with Gasteiger partial charge in [0.1, 0.15) is 6.61 Å². The number of carbonyl (C=O) groups is 1. The van der Waals surface area contributed by atoms with Crippen molar-refractivity contribution in [3.63, 3.8) is 0 Å². The average Bonchev–Trinajstić information content (AvgIpc) is 3.19. The van der Waals surface area contributed by atoms with E-state index in [4.69, 9.17) is 16.6 Å². The van der Waals surface area contributed by atoms with E-state index >= 15 is 0 Å². The Hall–Kier alpha value is -3.31. The summed E-state index contributed by atoms with van der Waals surface area (Å²) >= 11 is 0. The summed E-state index contributed by atoms with van der Waals surface area (Å²) in [7, 11) is 0. The Bertz CT molecular complexity index is 929. The van der Waals surface area contributed by atoms with Crippen LogP contribution in [-0.2, 0) is 0 Å². The van der Waals surface area contributed by atoms with E-state index in [1.54, 1.807) is 12.1 Å². The maximum atomic E-state index is 11.8. The summed E-state index contributed by atoms with van der Waals surface area (Å²) in [5, 5.41) is 9.11. The van der Waals surface area contributed by atoms with Crippen molar-refractivity contribution >= 4 is 22.8 Å². The predicted molar refractivity (Wildman–Crippen MR) is 117 cm³/mol. The number of aliphatic hydroxyl groups excluding tert-OH is 1. The Morgan fingerprint density at radius 2 is 1.24 bits per heavy atom. The molecule has 1 fully saturated rings. The van der Waals surface area contributed by atoms with Gasteiger partial charge in [-0.15, -0.1) is 0 Å². The van der Waals surface area contributed by atoms with Crippen LogP contribution < -0.4 is 16.4 Å². The molecular weight excluding hydrogens is 362 g/mol. The molecule has 1 aliphatic heterocycles. The highest BCUT2D eigenvalue weighted by molar-refractivity contribution is 5.97. The monoisotopic (exact) mass is 387 g/mol. The van der Waals surface area contributed by atoms with E-state index in [2.05, 4.69) is 29.2 Å². The van der Waals surface area contributed by atoms with E-state index in [1.165, 1.54) is 11.1 Å². The molecule has 5 nitrogen and oxygen atoms in total. The van der Waals surface area contributed by atoms with E-state index < -0.39 is 6.61 Å². The first-order valence-corrected chi connectivity index (χ1v) is 9.80. The summed E-state index contributed by atoms with van der Waals surface area (Å²) in [5.41, 5.74) is 17.3. The van der Waals surface area contributed by atoms with Crippen LogP contribution in [0.15, 0.2) is 72.8 Å². The molecule has 3 aromatic rings. The Kier molecular flexibility index (Phi) is 5.23. The number of benzene rings is 3. The van der Waals surface area contributed by atoms with Crippen molar-refractivity contribution in [2.45, 2.75) is 24.9 Å². The maximum Gasteiger partial charge on any atom is 0.188 e. The van der Waals surface area contributed by atoms with E-state index in [0.29, 0.717) is 5.56 Å². The van der Waals surface area contributed by atoms with E-state index in [9.17, 15) is 4.79 Å². The fourth-order valence-electron chi connectivity index (χ4n) is 4.17. The van der Waals surface area contributed by atoms with Gasteiger partial charge in [-0.2, -0.15) is 0 Å². The fraction of sp³-hybridized carbons (Fsp3) is 0.208. The lowest BCUT2D eigenvalue weighted by Crippen LogP contribution is -2.26. The highest BCUT2D eigenvalue weighted by Gasteiger charge is 2.35. The van der Waals surface area contributed by atoms with E-state index in [-0.39, 0.29) is 17.9 Å². The lowest BCUT2D eigenvalue weighted by molar-refractivity contribution is 0.0904. The number of nitrogens with two attached hydrogens (primary N) is 2. The van der Waals surface area contributed by atoms with E-state index in [0.717, 1.165) is 29.9 Å². The second kappa shape index (κ2) is 7.97. The Morgan fingerprint density at radius 1 is 0.793 bits per heavy atom. The van der Waals surface area contributed by atoms with Gasteiger partial charge >= 0.3 is 0 Å². The quantitative estimate of drug-likeness (QED) is 0.453. The van der Waals surface area contributed by atoms with Crippen LogP contribution >= 0.6 is 0 Å². The van der Waals surface area contributed by atoms with Gasteiger partial charge in [-0.25, -0.2) is 0 Å². The summed E-state index contributed by atoms with van der Waals surface area (Å²) in [6.45, 7) is -0.481. The van der Waals surface area contributed by atoms with Crippen molar-refractivity contribution in [1.82, 2.24) is 0 Å². The number of ketones is 1. The number of anilines is 3. The maximum absolute atomic E-state index is 11.8. The van der Waals surface area contributed by atoms with Gasteiger partial charge in [0.15, 0.2) is 5.78 Å². The third-order valence-electron chi connectivity index (χ3n) is 5.66. The fourth-order valence-corrected chi connectivity index (χ4v) is 4.17. The molecule has 0 spiro atoms. The molecule has 0 bridgehead atoms. The van der Waals surface area contributed by atoms with Crippen molar-refractivity contribution in [2.24, 2.45) is 0 Å². The molecule has 1 saturated heterocycles. The highest BCUT2D eigenvalue weighted by atomic mass is 16.3. The zero-order valence-electron chi connectivity index (χ0n) is 16.2. The molecule has 2 atom stereocenters. The molecule has 1 aliphatic rings. The Labute approximate surface area is 170 Å². The molecule has 0 aliphatic carbocycles. The van der Waals surface area contributed by atoms with Crippen molar-refractivity contribution in [3.8, 4) is 0 Å².